The lowest BCUT2D eigenvalue weighted by Crippen LogP contribution is -2.06. The Morgan fingerprint density at radius 1 is 1.05 bits per heavy atom. The summed E-state index contributed by atoms with van der Waals surface area (Å²) in [7, 11) is 0. The molecule has 2 heterocycles. The van der Waals surface area contributed by atoms with Crippen LogP contribution in [0, 0.1) is 6.92 Å². The van der Waals surface area contributed by atoms with Gasteiger partial charge < -0.3 is 13.9 Å². The van der Waals surface area contributed by atoms with Gasteiger partial charge in [0.25, 0.3) is 0 Å². The zero-order valence-corrected chi connectivity index (χ0v) is 11.0. The highest BCUT2D eigenvalue weighted by atomic mass is 16.6. The van der Waals surface area contributed by atoms with Crippen molar-refractivity contribution in [2.45, 2.75) is 26.7 Å². The van der Waals surface area contributed by atoms with Crippen molar-refractivity contribution in [2.24, 2.45) is 0 Å². The number of hydrogen-bond donors (Lipinski definition) is 0. The van der Waals surface area contributed by atoms with E-state index in [4.69, 9.17) is 9.15 Å². The van der Waals surface area contributed by atoms with E-state index in [1.54, 1.807) is 19.5 Å². The van der Waals surface area contributed by atoms with Crippen molar-refractivity contribution < 1.29 is 23.5 Å². The number of carbonyl (C=O) groups excluding carboxylic acids is 2. The largest absolute Gasteiger partial charge is 0.472 e. The number of ether oxygens (including phenoxy) is 2. The van der Waals surface area contributed by atoms with E-state index in [0.29, 0.717) is 30.8 Å². The molecule has 0 N–H and O–H groups in total. The molecule has 0 fully saturated rings. The summed E-state index contributed by atoms with van der Waals surface area (Å²) < 4.78 is 15.0. The van der Waals surface area contributed by atoms with Crippen LogP contribution in [-0.2, 0) is 25.5 Å². The molecule has 1 aromatic rings. The van der Waals surface area contributed by atoms with Gasteiger partial charge in [-0.1, -0.05) is 0 Å². The minimum absolute atomic E-state index is 0.388. The standard InChI is InChI=1S/C14H16O5/c1-9-7-18-8-11(9)3-5-17-6-4-12-10(2)13(15)19-14(12)16/h7-8H,3-6H2,1-2H3. The molecule has 0 aromatic carbocycles. The minimum Gasteiger partial charge on any atom is -0.472 e. The molecule has 0 unspecified atom stereocenters. The molecule has 19 heavy (non-hydrogen) atoms. The van der Waals surface area contributed by atoms with Crippen LogP contribution in [-0.4, -0.2) is 25.2 Å². The van der Waals surface area contributed by atoms with Crippen LogP contribution in [0.1, 0.15) is 24.5 Å². The van der Waals surface area contributed by atoms with Crippen LogP contribution in [0.3, 0.4) is 0 Å². The molecule has 0 amide bonds. The first kappa shape index (κ1) is 13.5. The lowest BCUT2D eigenvalue weighted by atomic mass is 10.1. The zero-order chi connectivity index (χ0) is 13.8. The molecule has 1 aromatic heterocycles. The van der Waals surface area contributed by atoms with Crippen molar-refractivity contribution in [3.63, 3.8) is 0 Å². The van der Waals surface area contributed by atoms with E-state index in [-0.39, 0.29) is 0 Å². The lowest BCUT2D eigenvalue weighted by Gasteiger charge is -2.03. The van der Waals surface area contributed by atoms with Gasteiger partial charge in [-0.3, -0.25) is 0 Å². The van der Waals surface area contributed by atoms with Crippen LogP contribution in [0.5, 0.6) is 0 Å². The molecule has 0 atom stereocenters. The summed E-state index contributed by atoms with van der Waals surface area (Å²) in [5, 5.41) is 0. The number of aryl methyl sites for hydroxylation is 1. The van der Waals surface area contributed by atoms with Crippen molar-refractivity contribution in [1.29, 1.82) is 0 Å². The average Bonchev–Trinajstić information content (AvgIpc) is 2.87. The summed E-state index contributed by atoms with van der Waals surface area (Å²) in [5.41, 5.74) is 3.03. The van der Waals surface area contributed by atoms with E-state index in [1.165, 1.54) is 0 Å². The number of esters is 2. The molecule has 0 aliphatic carbocycles. The van der Waals surface area contributed by atoms with Crippen LogP contribution in [0.25, 0.3) is 0 Å². The molecule has 0 saturated heterocycles. The lowest BCUT2D eigenvalue weighted by molar-refractivity contribution is -0.151. The van der Waals surface area contributed by atoms with Crippen molar-refractivity contribution in [3.8, 4) is 0 Å². The zero-order valence-electron chi connectivity index (χ0n) is 11.0. The van der Waals surface area contributed by atoms with Gasteiger partial charge in [-0.05, 0) is 31.4 Å². The molecule has 5 nitrogen and oxygen atoms in total. The average molecular weight is 264 g/mol. The predicted molar refractivity (Wildman–Crippen MR) is 66.4 cm³/mol. The SMILES string of the molecule is CC1=C(CCOCCc2cocc2C)C(=O)OC1=O. The van der Waals surface area contributed by atoms with E-state index in [2.05, 4.69) is 4.74 Å². The highest BCUT2D eigenvalue weighted by molar-refractivity contribution is 6.11. The van der Waals surface area contributed by atoms with Gasteiger partial charge in [-0.2, -0.15) is 0 Å². The van der Waals surface area contributed by atoms with Crippen LogP contribution in [0.2, 0.25) is 0 Å². The molecule has 0 saturated carbocycles. The normalized spacial score (nSPS) is 15.3. The number of furan rings is 1. The number of cyclic esters (lactones) is 2. The molecule has 102 valence electrons. The topological polar surface area (TPSA) is 65.7 Å². The summed E-state index contributed by atoms with van der Waals surface area (Å²) in [6.07, 6.45) is 4.58. The van der Waals surface area contributed by atoms with Gasteiger partial charge in [0.05, 0.1) is 31.3 Å². The van der Waals surface area contributed by atoms with E-state index < -0.39 is 11.9 Å². The third-order valence-electron chi connectivity index (χ3n) is 3.16. The van der Waals surface area contributed by atoms with E-state index in [0.717, 1.165) is 17.5 Å². The Hall–Kier alpha value is -1.88. The Bertz CT molecular complexity index is 524. The van der Waals surface area contributed by atoms with Gasteiger partial charge in [0.15, 0.2) is 0 Å². The predicted octanol–water partition coefficient (Wildman–Crippen LogP) is 1.94. The molecule has 0 bridgehead atoms. The maximum atomic E-state index is 11.3. The smallest absolute Gasteiger partial charge is 0.342 e. The van der Waals surface area contributed by atoms with Crippen molar-refractivity contribution in [3.05, 3.63) is 34.8 Å². The monoisotopic (exact) mass is 264 g/mol. The maximum absolute atomic E-state index is 11.3. The van der Waals surface area contributed by atoms with E-state index in [9.17, 15) is 9.59 Å². The quantitative estimate of drug-likeness (QED) is 0.446. The summed E-state index contributed by atoms with van der Waals surface area (Å²) in [6, 6.07) is 0. The van der Waals surface area contributed by atoms with Gasteiger partial charge in [-0.25, -0.2) is 9.59 Å². The second kappa shape index (κ2) is 5.84. The molecule has 5 heteroatoms. The molecule has 0 radical (unpaired) electrons. The second-order valence-corrected chi connectivity index (χ2v) is 4.47. The molecule has 1 aliphatic rings. The Morgan fingerprint density at radius 2 is 1.79 bits per heavy atom. The summed E-state index contributed by atoms with van der Waals surface area (Å²) in [6.45, 7) is 4.52. The van der Waals surface area contributed by atoms with Crippen LogP contribution < -0.4 is 0 Å². The fraction of sp³-hybridized carbons (Fsp3) is 0.429. The van der Waals surface area contributed by atoms with Crippen molar-refractivity contribution >= 4 is 11.9 Å². The highest BCUT2D eigenvalue weighted by Crippen LogP contribution is 2.19. The van der Waals surface area contributed by atoms with E-state index in [1.807, 2.05) is 6.92 Å². The van der Waals surface area contributed by atoms with Gasteiger partial charge in [-0.15, -0.1) is 0 Å². The summed E-state index contributed by atoms with van der Waals surface area (Å²) >= 11 is 0. The first-order valence-corrected chi connectivity index (χ1v) is 6.15. The van der Waals surface area contributed by atoms with Crippen LogP contribution >= 0.6 is 0 Å². The van der Waals surface area contributed by atoms with Crippen molar-refractivity contribution in [1.82, 2.24) is 0 Å². The fourth-order valence-corrected chi connectivity index (χ4v) is 1.89. The Kier molecular flexibility index (Phi) is 4.16. The highest BCUT2D eigenvalue weighted by Gasteiger charge is 2.29. The molecular weight excluding hydrogens is 248 g/mol. The van der Waals surface area contributed by atoms with Crippen LogP contribution in [0.15, 0.2) is 28.1 Å². The van der Waals surface area contributed by atoms with Gasteiger partial charge in [0, 0.05) is 12.0 Å². The third-order valence-corrected chi connectivity index (χ3v) is 3.16. The number of hydrogen-bond acceptors (Lipinski definition) is 5. The van der Waals surface area contributed by atoms with Gasteiger partial charge >= 0.3 is 11.9 Å². The Balaban J connectivity index is 1.72. The van der Waals surface area contributed by atoms with Gasteiger partial charge in [0.2, 0.25) is 0 Å². The number of carbonyl (C=O) groups is 2. The Labute approximate surface area is 111 Å². The minimum atomic E-state index is -0.547. The van der Waals surface area contributed by atoms with E-state index >= 15 is 0 Å². The van der Waals surface area contributed by atoms with Gasteiger partial charge in [0.1, 0.15) is 0 Å². The molecule has 2 rings (SSSR count). The first-order valence-electron chi connectivity index (χ1n) is 6.15. The summed E-state index contributed by atoms with van der Waals surface area (Å²) in [5.74, 6) is -1.09. The third kappa shape index (κ3) is 3.12. The number of rotatable bonds is 6. The second-order valence-electron chi connectivity index (χ2n) is 4.47. The maximum Gasteiger partial charge on any atom is 0.342 e. The fourth-order valence-electron chi connectivity index (χ4n) is 1.89. The first-order chi connectivity index (χ1) is 9.09. The molecule has 1 aliphatic heterocycles. The molecule has 0 spiro atoms. The van der Waals surface area contributed by atoms with Crippen LogP contribution in [0.4, 0.5) is 0 Å². The summed E-state index contributed by atoms with van der Waals surface area (Å²) in [4.78, 5) is 22.4. The van der Waals surface area contributed by atoms with Crippen molar-refractivity contribution in [2.75, 3.05) is 13.2 Å². The Morgan fingerprint density at radius 3 is 2.37 bits per heavy atom. The molecular formula is C14H16O5.